The van der Waals surface area contributed by atoms with Crippen LogP contribution in [0.25, 0.3) is 0 Å². The van der Waals surface area contributed by atoms with Crippen molar-refractivity contribution in [1.82, 2.24) is 4.98 Å². The summed E-state index contributed by atoms with van der Waals surface area (Å²) in [5.74, 6) is 2.38. The number of aromatic nitrogens is 1. The fourth-order valence-corrected chi connectivity index (χ4v) is 2.99. The lowest BCUT2D eigenvalue weighted by Gasteiger charge is -2.15. The van der Waals surface area contributed by atoms with Crippen molar-refractivity contribution in [2.24, 2.45) is 0 Å². The van der Waals surface area contributed by atoms with Crippen molar-refractivity contribution in [1.29, 1.82) is 0 Å². The van der Waals surface area contributed by atoms with Gasteiger partial charge in [0.25, 0.3) is 0 Å². The van der Waals surface area contributed by atoms with Gasteiger partial charge in [-0.1, -0.05) is 0 Å². The molecule has 1 aliphatic heterocycles. The average molecular weight is 230 g/mol. The lowest BCUT2D eigenvalue weighted by Crippen LogP contribution is -2.03. The normalized spacial score (nSPS) is 16.1. The Labute approximate surface area is 78.7 Å². The van der Waals surface area contributed by atoms with Gasteiger partial charge in [0, 0.05) is 22.6 Å². The minimum absolute atomic E-state index is 1.14. The van der Waals surface area contributed by atoms with E-state index in [0.717, 1.165) is 5.75 Å². The van der Waals surface area contributed by atoms with E-state index in [1.165, 1.54) is 27.8 Å². The molecule has 0 bridgehead atoms. The number of hydrogen-bond donors (Lipinski definition) is 0. The molecule has 0 saturated carbocycles. The highest BCUT2D eigenvalue weighted by Crippen LogP contribution is 2.29. The molecule has 0 amide bonds. The lowest BCUT2D eigenvalue weighted by molar-refractivity contribution is 1.04. The van der Waals surface area contributed by atoms with Gasteiger partial charge in [-0.3, -0.25) is 4.98 Å². The maximum Gasteiger partial charge on any atom is 0.0413 e. The molecule has 0 unspecified atom stereocenters. The zero-order valence-electron chi connectivity index (χ0n) is 6.01. The first-order chi connectivity index (χ1) is 5.38. The molecule has 1 aliphatic rings. The summed E-state index contributed by atoms with van der Waals surface area (Å²) in [6.45, 7) is 0. The smallest absolute Gasteiger partial charge is 0.0413 e. The minimum atomic E-state index is 1.14. The molecule has 0 aromatic carbocycles. The van der Waals surface area contributed by atoms with Gasteiger partial charge in [-0.05, 0) is 39.2 Å². The minimum Gasteiger partial charge on any atom is -0.263 e. The van der Waals surface area contributed by atoms with E-state index in [4.69, 9.17) is 0 Å². The van der Waals surface area contributed by atoms with Crippen LogP contribution in [-0.4, -0.2) is 10.7 Å². The largest absolute Gasteiger partial charge is 0.263 e. The van der Waals surface area contributed by atoms with Crippen molar-refractivity contribution in [2.45, 2.75) is 12.2 Å². The van der Waals surface area contributed by atoms with Gasteiger partial charge in [0.05, 0.1) is 0 Å². The molecule has 0 aliphatic carbocycles. The topological polar surface area (TPSA) is 12.9 Å². The SMILES string of the molecule is Brc1cncc2c1CSCC2. The third kappa shape index (κ3) is 1.44. The Morgan fingerprint density at radius 2 is 2.36 bits per heavy atom. The van der Waals surface area contributed by atoms with Crippen LogP contribution in [0.3, 0.4) is 0 Å². The molecule has 2 rings (SSSR count). The molecule has 58 valence electrons. The second-order valence-electron chi connectivity index (χ2n) is 2.56. The van der Waals surface area contributed by atoms with Crippen molar-refractivity contribution in [3.05, 3.63) is 28.0 Å². The molecule has 3 heteroatoms. The van der Waals surface area contributed by atoms with Gasteiger partial charge >= 0.3 is 0 Å². The molecule has 0 fully saturated rings. The molecule has 1 aromatic heterocycles. The van der Waals surface area contributed by atoms with Crippen LogP contribution in [0.1, 0.15) is 11.1 Å². The molecule has 1 nitrogen and oxygen atoms in total. The Balaban J connectivity index is 2.49. The highest BCUT2D eigenvalue weighted by atomic mass is 79.9. The molecule has 0 N–H and O–H groups in total. The van der Waals surface area contributed by atoms with E-state index in [1.54, 1.807) is 0 Å². The van der Waals surface area contributed by atoms with Crippen LogP contribution in [0.5, 0.6) is 0 Å². The summed E-state index contributed by atoms with van der Waals surface area (Å²) in [5.41, 5.74) is 2.86. The molecule has 11 heavy (non-hydrogen) atoms. The maximum absolute atomic E-state index is 4.14. The average Bonchev–Trinajstić information content (AvgIpc) is 2.06. The molecule has 0 spiro atoms. The number of pyridine rings is 1. The zero-order valence-corrected chi connectivity index (χ0v) is 8.41. The van der Waals surface area contributed by atoms with E-state index in [2.05, 4.69) is 20.9 Å². The van der Waals surface area contributed by atoms with Crippen molar-refractivity contribution in [3.8, 4) is 0 Å². The van der Waals surface area contributed by atoms with Crippen molar-refractivity contribution >= 4 is 27.7 Å². The zero-order chi connectivity index (χ0) is 7.68. The molecular formula is C8H8BrNS. The Hall–Kier alpha value is -0.0200. The monoisotopic (exact) mass is 229 g/mol. The third-order valence-electron chi connectivity index (χ3n) is 1.86. The van der Waals surface area contributed by atoms with Gasteiger partial charge in [0.2, 0.25) is 0 Å². The van der Waals surface area contributed by atoms with Crippen LogP contribution in [0.2, 0.25) is 0 Å². The highest BCUT2D eigenvalue weighted by molar-refractivity contribution is 9.10. The Kier molecular flexibility index (Phi) is 2.18. The van der Waals surface area contributed by atoms with Crippen LogP contribution >= 0.6 is 27.7 Å². The Bertz CT molecular complexity index is 275. The second kappa shape index (κ2) is 3.15. The second-order valence-corrected chi connectivity index (χ2v) is 4.52. The fraction of sp³-hybridized carbons (Fsp3) is 0.375. The van der Waals surface area contributed by atoms with Crippen LogP contribution in [0.15, 0.2) is 16.9 Å². The van der Waals surface area contributed by atoms with Crippen LogP contribution in [-0.2, 0) is 12.2 Å². The standard InChI is InChI=1S/C8H8BrNS/c9-8-4-10-3-6-1-2-11-5-7(6)8/h3-4H,1-2,5H2. The van der Waals surface area contributed by atoms with Gasteiger partial charge in [0.1, 0.15) is 0 Å². The van der Waals surface area contributed by atoms with Crippen molar-refractivity contribution in [2.75, 3.05) is 5.75 Å². The van der Waals surface area contributed by atoms with E-state index < -0.39 is 0 Å². The summed E-state index contributed by atoms with van der Waals surface area (Å²) in [7, 11) is 0. The van der Waals surface area contributed by atoms with E-state index in [9.17, 15) is 0 Å². The first-order valence-electron chi connectivity index (χ1n) is 3.57. The lowest BCUT2D eigenvalue weighted by atomic mass is 10.1. The van der Waals surface area contributed by atoms with E-state index in [1.807, 2.05) is 24.2 Å². The van der Waals surface area contributed by atoms with Crippen LogP contribution in [0.4, 0.5) is 0 Å². The summed E-state index contributed by atoms with van der Waals surface area (Å²) >= 11 is 5.50. The Morgan fingerprint density at radius 1 is 1.45 bits per heavy atom. The van der Waals surface area contributed by atoms with Gasteiger partial charge < -0.3 is 0 Å². The number of rotatable bonds is 0. The highest BCUT2D eigenvalue weighted by Gasteiger charge is 2.11. The number of aryl methyl sites for hydroxylation is 1. The summed E-state index contributed by atoms with van der Waals surface area (Å²) in [4.78, 5) is 4.14. The van der Waals surface area contributed by atoms with Crippen molar-refractivity contribution < 1.29 is 0 Å². The first kappa shape index (κ1) is 7.62. The number of thioether (sulfide) groups is 1. The summed E-state index contributed by atoms with van der Waals surface area (Å²) in [6, 6.07) is 0. The number of halogens is 1. The molecule has 1 aromatic rings. The molecule has 0 atom stereocenters. The maximum atomic E-state index is 4.14. The van der Waals surface area contributed by atoms with Gasteiger partial charge in [-0.15, -0.1) is 0 Å². The van der Waals surface area contributed by atoms with Gasteiger partial charge in [-0.2, -0.15) is 11.8 Å². The van der Waals surface area contributed by atoms with E-state index >= 15 is 0 Å². The van der Waals surface area contributed by atoms with Crippen LogP contribution in [0, 0.1) is 0 Å². The third-order valence-corrected chi connectivity index (χ3v) is 3.53. The molecular weight excluding hydrogens is 222 g/mol. The Morgan fingerprint density at radius 3 is 3.18 bits per heavy atom. The number of hydrogen-bond acceptors (Lipinski definition) is 2. The quantitative estimate of drug-likeness (QED) is 0.679. The van der Waals surface area contributed by atoms with Crippen molar-refractivity contribution in [3.63, 3.8) is 0 Å². The summed E-state index contributed by atoms with van der Waals surface area (Å²) in [5, 5.41) is 0. The molecule has 0 saturated heterocycles. The fourth-order valence-electron chi connectivity index (χ4n) is 1.24. The van der Waals surface area contributed by atoms with E-state index in [-0.39, 0.29) is 0 Å². The van der Waals surface area contributed by atoms with Gasteiger partial charge in [0.15, 0.2) is 0 Å². The molecule has 2 heterocycles. The number of nitrogens with zero attached hydrogens (tertiary/aromatic N) is 1. The molecule has 0 radical (unpaired) electrons. The van der Waals surface area contributed by atoms with E-state index in [0.29, 0.717) is 0 Å². The predicted octanol–water partition coefficient (Wildman–Crippen LogP) is 2.63. The predicted molar refractivity (Wildman–Crippen MR) is 51.8 cm³/mol. The number of fused-ring (bicyclic) bond motifs is 1. The van der Waals surface area contributed by atoms with Gasteiger partial charge in [-0.25, -0.2) is 0 Å². The summed E-state index contributed by atoms with van der Waals surface area (Å²) in [6.07, 6.45) is 5.04. The van der Waals surface area contributed by atoms with Crippen LogP contribution < -0.4 is 0 Å². The first-order valence-corrected chi connectivity index (χ1v) is 5.51. The summed E-state index contributed by atoms with van der Waals surface area (Å²) < 4.78 is 1.17.